The Bertz CT molecular complexity index is 5080. The molecule has 5 N–H and O–H groups in total. The number of aromatic nitrogens is 9. The van der Waals surface area contributed by atoms with E-state index in [1.54, 1.807) is 53.6 Å². The molecule has 3 aromatic carbocycles. The van der Waals surface area contributed by atoms with E-state index in [-0.39, 0.29) is 41.9 Å². The van der Waals surface area contributed by atoms with Crippen molar-refractivity contribution >= 4 is 100 Å². The lowest BCUT2D eigenvalue weighted by atomic mass is 9.90. The second-order valence-corrected chi connectivity index (χ2v) is 34.6. The van der Waals surface area contributed by atoms with Crippen LogP contribution in [0.1, 0.15) is 183 Å². The van der Waals surface area contributed by atoms with Crippen molar-refractivity contribution in [2.75, 3.05) is 92.8 Å². The van der Waals surface area contributed by atoms with Crippen molar-refractivity contribution in [2.24, 2.45) is 26.9 Å². The van der Waals surface area contributed by atoms with E-state index in [0.29, 0.717) is 80.5 Å². The number of methoxy groups -OCH3 is 2. The number of fused-ring (bicyclic) bond motifs is 6. The standard InChI is InChI=1S/2C30H35ClN6O4.C28H34ClN7O/c2*1-30(2,3)41-29(39)37-13-11-36(12-14-37)27-21-9-8-20(31)16-22(21)23(15-19-7-6-10-33-25(19)27)26(34-28(38)40-5)24-17-32-18-35(24)4;1-28(2,3)33-27(37)36-12-10-35(11-13-36)26-20-8-7-19(29)15-21(20)22(14-18-6-5-9-32-25(18)26)24(30)23-16-31-17-34(23)4/h2*6-10,15-18,26-27H,11-14H2,1-5H3,(H,34,38);5-9,14-17,24,26H,10-13,30H2,1-4H3,(H,33,37)/t2*26?,27-;24?,26-/m000/s1. The van der Waals surface area contributed by atoms with Crippen LogP contribution >= 0.6 is 34.8 Å². The fraction of sp³-hybridized carbons (Fsp3) is 0.398. The normalized spacial score (nSPS) is 18.3. The van der Waals surface area contributed by atoms with Gasteiger partial charge in [0.2, 0.25) is 0 Å². The van der Waals surface area contributed by atoms with E-state index >= 15 is 0 Å². The Morgan fingerprint density at radius 1 is 0.445 bits per heavy atom. The van der Waals surface area contributed by atoms with Crippen molar-refractivity contribution in [3.8, 4) is 0 Å². The number of carbonyl (C=O) groups excluding carboxylic acids is 5. The number of rotatable bonds is 11. The highest BCUT2D eigenvalue weighted by Crippen LogP contribution is 2.48. The number of pyridine rings is 3. The van der Waals surface area contributed by atoms with Crippen molar-refractivity contribution in [2.45, 2.75) is 115 Å². The molecule has 3 fully saturated rings. The fourth-order valence-electron chi connectivity index (χ4n) is 16.1. The molecular formula is C88H104Cl3N19O9. The van der Waals surface area contributed by atoms with Gasteiger partial charge in [0.05, 0.1) is 122 Å². The molecule has 6 aromatic heterocycles. The molecule has 9 aromatic rings. The minimum Gasteiger partial charge on any atom is -0.453 e. The van der Waals surface area contributed by atoms with Crippen LogP contribution in [0.3, 0.4) is 0 Å². The number of halogens is 3. The number of imidazole rings is 3. The summed E-state index contributed by atoms with van der Waals surface area (Å²) in [5.74, 6) is 0. The monoisotopic (exact) mass is 1680 g/mol. The highest BCUT2D eigenvalue weighted by Gasteiger charge is 2.42. The van der Waals surface area contributed by atoms with Gasteiger partial charge in [-0.3, -0.25) is 29.7 Å². The smallest absolute Gasteiger partial charge is 0.410 e. The number of amides is 6. The molecule has 3 aliphatic heterocycles. The van der Waals surface area contributed by atoms with Gasteiger partial charge in [0.25, 0.3) is 0 Å². The number of ether oxygens (including phenoxy) is 4. The summed E-state index contributed by atoms with van der Waals surface area (Å²) in [5, 5.41) is 10.9. The number of nitrogens with zero attached hydrogens (tertiary/aromatic N) is 15. The first-order valence-electron chi connectivity index (χ1n) is 39.7. The molecule has 15 rings (SSSR count). The van der Waals surface area contributed by atoms with Crippen LogP contribution in [0.2, 0.25) is 15.1 Å². The third kappa shape index (κ3) is 19.8. The van der Waals surface area contributed by atoms with E-state index in [0.717, 1.165) is 114 Å². The van der Waals surface area contributed by atoms with Crippen molar-refractivity contribution in [3.63, 3.8) is 0 Å². The van der Waals surface area contributed by atoms with Gasteiger partial charge in [-0.05, 0) is 202 Å². The van der Waals surface area contributed by atoms with E-state index in [4.69, 9.17) is 74.4 Å². The lowest BCUT2D eigenvalue weighted by Gasteiger charge is -2.40. The molecule has 0 spiro atoms. The molecule has 3 saturated heterocycles. The van der Waals surface area contributed by atoms with E-state index < -0.39 is 41.5 Å². The molecule has 3 unspecified atom stereocenters. The van der Waals surface area contributed by atoms with E-state index in [1.807, 2.05) is 193 Å². The molecule has 6 atom stereocenters. The minimum atomic E-state index is -0.581. The van der Waals surface area contributed by atoms with Crippen molar-refractivity contribution < 1.29 is 42.9 Å². The molecule has 0 radical (unpaired) electrons. The van der Waals surface area contributed by atoms with Crippen molar-refractivity contribution in [1.29, 1.82) is 0 Å². The molecular weight excluding hydrogens is 1570 g/mol. The average molecular weight is 1680 g/mol. The number of alkyl carbamates (subject to hydrolysis) is 2. The number of hydrogen-bond acceptors (Lipinski definition) is 19. The molecule has 3 aliphatic carbocycles. The van der Waals surface area contributed by atoms with Crippen LogP contribution in [0.25, 0.3) is 34.9 Å². The number of benzene rings is 3. The number of aryl methyl sites for hydroxylation is 3. The predicted molar refractivity (Wildman–Crippen MR) is 460 cm³/mol. The molecule has 119 heavy (non-hydrogen) atoms. The maximum atomic E-state index is 12.8. The first-order valence-corrected chi connectivity index (χ1v) is 40.8. The van der Waals surface area contributed by atoms with Crippen LogP contribution in [0, 0.1) is 0 Å². The summed E-state index contributed by atoms with van der Waals surface area (Å²) < 4.78 is 26.9. The molecule has 31 heteroatoms. The van der Waals surface area contributed by atoms with E-state index in [1.165, 1.54) is 14.2 Å². The summed E-state index contributed by atoms with van der Waals surface area (Å²) in [7, 11) is 8.40. The quantitative estimate of drug-likeness (QED) is 0.0875. The number of nitrogens with two attached hydrogens (primary N) is 1. The number of nitrogens with one attached hydrogen (secondary N) is 3. The fourth-order valence-corrected chi connectivity index (χ4v) is 16.6. The average Bonchev–Trinajstić information content (AvgIpc) is 1.63. The number of piperazine rings is 3. The zero-order valence-electron chi connectivity index (χ0n) is 69.6. The number of urea groups is 1. The molecule has 626 valence electrons. The van der Waals surface area contributed by atoms with Crippen LogP contribution in [-0.2, 0) is 40.1 Å². The van der Waals surface area contributed by atoms with Gasteiger partial charge >= 0.3 is 30.4 Å². The van der Waals surface area contributed by atoms with Crippen LogP contribution in [0.15, 0.2) is 147 Å². The van der Waals surface area contributed by atoms with Gasteiger partial charge in [-0.1, -0.05) is 71.2 Å². The molecule has 6 aliphatic rings. The largest absolute Gasteiger partial charge is 0.453 e. The lowest BCUT2D eigenvalue weighted by Crippen LogP contribution is -2.55. The summed E-state index contributed by atoms with van der Waals surface area (Å²) in [6, 6.07) is 27.5. The summed E-state index contributed by atoms with van der Waals surface area (Å²) in [4.78, 5) is 103. The Balaban J connectivity index is 0.000000155. The SMILES string of the molecule is COC(=O)NC(C1=Cc2cccnc2[C@@H](N2CCN(C(=O)OC(C)(C)C)CC2)c2ccc(Cl)cc21)c1cncn1C.COC(=O)NC(C1=Cc2cccnc2[C@@H](N2CCN(C(=O)OC(C)(C)C)CC2)c2ccc(Cl)cc21)c1cncn1C.Cn1cncc1C(N)C1=Cc2cccnc2[C@@H](N2CCN(C(=O)NC(C)(C)C)CC2)c2ccc(Cl)cc21. The van der Waals surface area contributed by atoms with Crippen LogP contribution in [0.4, 0.5) is 24.0 Å². The Labute approximate surface area is 709 Å². The molecule has 6 amide bonds. The summed E-state index contributed by atoms with van der Waals surface area (Å²) >= 11 is 19.7. The molecule has 28 nitrogen and oxygen atoms in total. The van der Waals surface area contributed by atoms with Gasteiger partial charge in [-0.2, -0.15) is 0 Å². The second kappa shape index (κ2) is 36.3. The number of hydrogen-bond donors (Lipinski definition) is 4. The van der Waals surface area contributed by atoms with Gasteiger partial charge in [0.1, 0.15) is 11.2 Å². The molecule has 0 bridgehead atoms. The van der Waals surface area contributed by atoms with Gasteiger partial charge in [-0.25, -0.2) is 38.9 Å². The van der Waals surface area contributed by atoms with Gasteiger partial charge in [0, 0.05) is 139 Å². The first kappa shape index (κ1) is 85.9. The molecule has 9 heterocycles. The maximum absolute atomic E-state index is 12.8. The third-order valence-corrected chi connectivity index (χ3v) is 22.3. The Morgan fingerprint density at radius 2 is 0.765 bits per heavy atom. The zero-order chi connectivity index (χ0) is 84.9. The topological polar surface area (TPSA) is 296 Å². The highest BCUT2D eigenvalue weighted by molar-refractivity contribution is 6.31. The van der Waals surface area contributed by atoms with Crippen molar-refractivity contribution in [1.82, 2.24) is 89.0 Å². The zero-order valence-corrected chi connectivity index (χ0v) is 71.9. The van der Waals surface area contributed by atoms with Crippen molar-refractivity contribution in [3.05, 3.63) is 246 Å². The summed E-state index contributed by atoms with van der Waals surface area (Å²) in [5.41, 5.74) is 22.1. The Hall–Kier alpha value is -11.0. The van der Waals surface area contributed by atoms with E-state index in [2.05, 4.69) is 76.0 Å². The predicted octanol–water partition coefficient (Wildman–Crippen LogP) is 14.4. The lowest BCUT2D eigenvalue weighted by molar-refractivity contribution is 0.0109. The molecule has 0 saturated carbocycles. The Kier molecular flexibility index (Phi) is 26.2. The maximum Gasteiger partial charge on any atom is 0.410 e. The number of carbonyl (C=O) groups is 5. The van der Waals surface area contributed by atoms with E-state index in [9.17, 15) is 24.0 Å². The van der Waals surface area contributed by atoms with Crippen LogP contribution < -0.4 is 21.7 Å². The van der Waals surface area contributed by atoms with Gasteiger partial charge in [-0.15, -0.1) is 0 Å². The Morgan fingerprint density at radius 3 is 1.08 bits per heavy atom. The first-order chi connectivity index (χ1) is 56.7. The van der Waals surface area contributed by atoms with Gasteiger partial charge in [0.15, 0.2) is 0 Å². The van der Waals surface area contributed by atoms with Crippen LogP contribution in [-0.4, -0.2) is 213 Å². The van der Waals surface area contributed by atoms with Crippen LogP contribution in [0.5, 0.6) is 0 Å². The summed E-state index contributed by atoms with van der Waals surface area (Å²) in [6.07, 6.45) is 20.4. The summed E-state index contributed by atoms with van der Waals surface area (Å²) in [6.45, 7) is 24.6. The second-order valence-electron chi connectivity index (χ2n) is 33.2. The van der Waals surface area contributed by atoms with Gasteiger partial charge < -0.3 is 69.0 Å². The third-order valence-electron chi connectivity index (χ3n) is 21.6. The highest BCUT2D eigenvalue weighted by atomic mass is 35.5. The minimum absolute atomic E-state index is 0.0233.